The second kappa shape index (κ2) is 6.31. The molecule has 4 rings (SSSR count). The normalized spacial score (nSPS) is 16.7. The minimum atomic E-state index is -0.540. The molecule has 0 amide bonds. The SMILES string of the molecule is CC(C)(C)OC(=O)c1cc(C2CC2)cnc1NC1=CCCc2[nH]ccc21. The Morgan fingerprint density at radius 3 is 2.88 bits per heavy atom. The van der Waals surface area contributed by atoms with E-state index in [0.29, 0.717) is 17.3 Å². The van der Waals surface area contributed by atoms with Crippen LogP contribution >= 0.6 is 0 Å². The summed E-state index contributed by atoms with van der Waals surface area (Å²) in [4.78, 5) is 20.6. The summed E-state index contributed by atoms with van der Waals surface area (Å²) in [5.74, 6) is 0.757. The molecule has 0 saturated heterocycles. The van der Waals surface area contributed by atoms with Crippen LogP contribution in [0.15, 0.2) is 30.6 Å². The number of hydrogen-bond donors (Lipinski definition) is 2. The summed E-state index contributed by atoms with van der Waals surface area (Å²) >= 11 is 0. The highest BCUT2D eigenvalue weighted by Crippen LogP contribution is 2.41. The van der Waals surface area contributed by atoms with Gasteiger partial charge in [0, 0.05) is 29.3 Å². The number of anilines is 1. The Kier molecular flexibility index (Phi) is 4.10. The van der Waals surface area contributed by atoms with E-state index in [2.05, 4.69) is 27.4 Å². The highest BCUT2D eigenvalue weighted by Gasteiger charge is 2.28. The van der Waals surface area contributed by atoms with Gasteiger partial charge in [0.25, 0.3) is 0 Å². The topological polar surface area (TPSA) is 67.0 Å². The smallest absolute Gasteiger partial charge is 0.342 e. The molecule has 2 heterocycles. The third-order valence-electron chi connectivity index (χ3n) is 4.70. The van der Waals surface area contributed by atoms with Crippen LogP contribution in [0.5, 0.6) is 0 Å². The van der Waals surface area contributed by atoms with Crippen molar-refractivity contribution < 1.29 is 9.53 Å². The molecule has 26 heavy (non-hydrogen) atoms. The predicted octanol–water partition coefficient (Wildman–Crippen LogP) is 4.64. The fourth-order valence-electron chi connectivity index (χ4n) is 3.29. The fraction of sp³-hybridized carbons (Fsp3) is 0.429. The first-order valence-electron chi connectivity index (χ1n) is 9.28. The maximum atomic E-state index is 12.8. The maximum Gasteiger partial charge on any atom is 0.342 e. The van der Waals surface area contributed by atoms with E-state index in [1.54, 1.807) is 0 Å². The summed E-state index contributed by atoms with van der Waals surface area (Å²) in [5.41, 5.74) is 4.43. The highest BCUT2D eigenvalue weighted by atomic mass is 16.6. The number of rotatable bonds is 4. The molecule has 0 aliphatic heterocycles. The summed E-state index contributed by atoms with van der Waals surface area (Å²) in [6.07, 6.45) is 10.3. The fourth-order valence-corrected chi connectivity index (χ4v) is 3.29. The monoisotopic (exact) mass is 351 g/mol. The zero-order chi connectivity index (χ0) is 18.3. The van der Waals surface area contributed by atoms with Gasteiger partial charge in [0.15, 0.2) is 0 Å². The average molecular weight is 351 g/mol. The van der Waals surface area contributed by atoms with Crippen LogP contribution in [0.1, 0.15) is 73.1 Å². The van der Waals surface area contributed by atoms with Crippen molar-refractivity contribution in [3.05, 3.63) is 53.0 Å². The van der Waals surface area contributed by atoms with Crippen molar-refractivity contribution in [1.29, 1.82) is 0 Å². The molecule has 0 unspecified atom stereocenters. The first kappa shape index (κ1) is 16.9. The van der Waals surface area contributed by atoms with Crippen LogP contribution in [0.25, 0.3) is 5.70 Å². The summed E-state index contributed by atoms with van der Waals surface area (Å²) in [6, 6.07) is 4.00. The van der Waals surface area contributed by atoms with Gasteiger partial charge in [-0.3, -0.25) is 0 Å². The molecule has 1 saturated carbocycles. The van der Waals surface area contributed by atoms with E-state index in [-0.39, 0.29) is 5.97 Å². The molecule has 0 aromatic carbocycles. The number of aromatic amines is 1. The van der Waals surface area contributed by atoms with E-state index in [9.17, 15) is 4.79 Å². The molecule has 2 aromatic heterocycles. The van der Waals surface area contributed by atoms with Crippen molar-refractivity contribution >= 4 is 17.5 Å². The zero-order valence-electron chi connectivity index (χ0n) is 15.6. The van der Waals surface area contributed by atoms with Gasteiger partial charge < -0.3 is 15.0 Å². The zero-order valence-corrected chi connectivity index (χ0v) is 15.6. The number of allylic oxidation sites excluding steroid dienone is 1. The van der Waals surface area contributed by atoms with Crippen molar-refractivity contribution in [2.24, 2.45) is 0 Å². The summed E-state index contributed by atoms with van der Waals surface area (Å²) in [5, 5.41) is 3.37. The molecule has 2 aliphatic carbocycles. The number of aromatic nitrogens is 2. The van der Waals surface area contributed by atoms with Crippen LogP contribution in [0.4, 0.5) is 5.82 Å². The van der Waals surface area contributed by atoms with Gasteiger partial charge in [-0.2, -0.15) is 0 Å². The molecular weight excluding hydrogens is 326 g/mol. The lowest BCUT2D eigenvalue weighted by atomic mass is 10.0. The number of esters is 1. The number of H-pyrrole nitrogens is 1. The molecule has 0 radical (unpaired) electrons. The standard InChI is InChI=1S/C21H25N3O2/c1-21(2,3)26-20(25)16-11-14(13-7-8-13)12-23-19(16)24-18-6-4-5-17-15(18)9-10-22-17/h6,9-13,22H,4-5,7-8H2,1-3H3,(H,23,24). The summed E-state index contributed by atoms with van der Waals surface area (Å²) in [7, 11) is 0. The molecule has 2 aliphatic rings. The van der Waals surface area contributed by atoms with Crippen molar-refractivity contribution in [3.8, 4) is 0 Å². The van der Waals surface area contributed by atoms with Crippen LogP contribution in [0.2, 0.25) is 0 Å². The van der Waals surface area contributed by atoms with E-state index in [1.165, 1.54) is 18.5 Å². The highest BCUT2D eigenvalue weighted by molar-refractivity contribution is 5.97. The lowest BCUT2D eigenvalue weighted by Crippen LogP contribution is -2.25. The number of carbonyl (C=O) groups excluding carboxylic acids is 1. The number of carbonyl (C=O) groups is 1. The molecule has 0 bridgehead atoms. The Morgan fingerprint density at radius 1 is 1.35 bits per heavy atom. The number of pyridine rings is 1. The van der Waals surface area contributed by atoms with Crippen molar-refractivity contribution in [2.45, 2.75) is 58.0 Å². The van der Waals surface area contributed by atoms with Crippen molar-refractivity contribution in [3.63, 3.8) is 0 Å². The van der Waals surface area contributed by atoms with Crippen LogP contribution in [-0.4, -0.2) is 21.5 Å². The second-order valence-electron chi connectivity index (χ2n) is 8.09. The molecule has 0 atom stereocenters. The molecule has 1 fully saturated rings. The Hall–Kier alpha value is -2.56. The molecular formula is C21H25N3O2. The Morgan fingerprint density at radius 2 is 2.15 bits per heavy atom. The first-order chi connectivity index (χ1) is 12.4. The summed E-state index contributed by atoms with van der Waals surface area (Å²) in [6.45, 7) is 5.64. The van der Waals surface area contributed by atoms with Gasteiger partial charge in [0.1, 0.15) is 17.0 Å². The van der Waals surface area contributed by atoms with Crippen LogP contribution in [-0.2, 0) is 11.2 Å². The van der Waals surface area contributed by atoms with E-state index in [0.717, 1.165) is 29.7 Å². The van der Waals surface area contributed by atoms with E-state index in [1.807, 2.05) is 39.2 Å². The molecule has 5 heteroatoms. The molecule has 2 N–H and O–H groups in total. The van der Waals surface area contributed by atoms with Crippen LogP contribution in [0, 0.1) is 0 Å². The molecule has 2 aromatic rings. The van der Waals surface area contributed by atoms with Gasteiger partial charge in [0.05, 0.1) is 0 Å². The molecule has 136 valence electrons. The quantitative estimate of drug-likeness (QED) is 0.788. The Bertz CT molecular complexity index is 870. The van der Waals surface area contributed by atoms with Crippen molar-refractivity contribution in [2.75, 3.05) is 5.32 Å². The van der Waals surface area contributed by atoms with Gasteiger partial charge in [-0.25, -0.2) is 9.78 Å². The largest absolute Gasteiger partial charge is 0.456 e. The van der Waals surface area contributed by atoms with E-state index in [4.69, 9.17) is 4.74 Å². The van der Waals surface area contributed by atoms with Gasteiger partial charge in [-0.1, -0.05) is 6.08 Å². The number of ether oxygens (including phenoxy) is 1. The van der Waals surface area contributed by atoms with Crippen LogP contribution < -0.4 is 5.32 Å². The minimum absolute atomic E-state index is 0.333. The van der Waals surface area contributed by atoms with Crippen molar-refractivity contribution in [1.82, 2.24) is 9.97 Å². The Balaban J connectivity index is 1.67. The maximum absolute atomic E-state index is 12.8. The molecule has 5 nitrogen and oxygen atoms in total. The van der Waals surface area contributed by atoms with Gasteiger partial charge in [-0.05, 0) is 70.1 Å². The third-order valence-corrected chi connectivity index (χ3v) is 4.70. The third kappa shape index (κ3) is 3.52. The Labute approximate surface area is 153 Å². The lowest BCUT2D eigenvalue weighted by Gasteiger charge is -2.22. The minimum Gasteiger partial charge on any atom is -0.456 e. The second-order valence-corrected chi connectivity index (χ2v) is 8.09. The van der Waals surface area contributed by atoms with Gasteiger partial charge >= 0.3 is 5.97 Å². The first-order valence-corrected chi connectivity index (χ1v) is 9.28. The van der Waals surface area contributed by atoms with E-state index < -0.39 is 5.60 Å². The number of fused-ring (bicyclic) bond motifs is 1. The number of hydrogen-bond acceptors (Lipinski definition) is 4. The predicted molar refractivity (Wildman–Crippen MR) is 102 cm³/mol. The van der Waals surface area contributed by atoms with E-state index >= 15 is 0 Å². The molecule has 0 spiro atoms. The number of aryl methyl sites for hydroxylation is 1. The number of nitrogens with one attached hydrogen (secondary N) is 2. The number of nitrogens with zero attached hydrogens (tertiary/aromatic N) is 1. The average Bonchev–Trinajstić information content (AvgIpc) is 3.31. The lowest BCUT2D eigenvalue weighted by molar-refractivity contribution is 0.00703. The van der Waals surface area contributed by atoms with Gasteiger partial charge in [-0.15, -0.1) is 0 Å². The van der Waals surface area contributed by atoms with Gasteiger partial charge in [0.2, 0.25) is 0 Å². The summed E-state index contributed by atoms with van der Waals surface area (Å²) < 4.78 is 5.62. The van der Waals surface area contributed by atoms with Crippen LogP contribution in [0.3, 0.4) is 0 Å².